The Labute approximate surface area is 113 Å². The fourth-order valence-corrected chi connectivity index (χ4v) is 2.71. The number of hydrogen-bond acceptors (Lipinski definition) is 2. The maximum absolute atomic E-state index is 12.1. The van der Waals surface area contributed by atoms with Crippen LogP contribution in [0.4, 0.5) is 0 Å². The number of hydrogen-bond donors (Lipinski definition) is 2. The number of thiocarbonyl (C=S) groups is 1. The van der Waals surface area contributed by atoms with E-state index in [1.54, 1.807) is 0 Å². The smallest absolute Gasteiger partial charge is 0.223 e. The third-order valence-electron chi connectivity index (χ3n) is 3.32. The molecule has 0 saturated heterocycles. The molecule has 1 atom stereocenters. The maximum Gasteiger partial charge on any atom is 0.223 e. The van der Waals surface area contributed by atoms with Gasteiger partial charge in [0.25, 0.3) is 0 Å². The van der Waals surface area contributed by atoms with E-state index in [0.717, 1.165) is 12.8 Å². The van der Waals surface area contributed by atoms with Crippen LogP contribution in [0.25, 0.3) is 0 Å². The zero-order chi connectivity index (χ0) is 13.1. The second-order valence-electron chi connectivity index (χ2n) is 4.95. The van der Waals surface area contributed by atoms with Crippen LogP contribution in [-0.2, 0) is 17.6 Å². The summed E-state index contributed by atoms with van der Waals surface area (Å²) in [6, 6.07) is 8.25. The number of benzene rings is 1. The van der Waals surface area contributed by atoms with Gasteiger partial charge in [0, 0.05) is 18.4 Å². The van der Waals surface area contributed by atoms with Crippen LogP contribution in [0.5, 0.6) is 0 Å². The molecule has 3 N–H and O–H groups in total. The first-order chi connectivity index (χ1) is 8.56. The van der Waals surface area contributed by atoms with Gasteiger partial charge in [0.2, 0.25) is 5.91 Å². The Hall–Kier alpha value is -1.42. The number of amides is 1. The summed E-state index contributed by atoms with van der Waals surface area (Å²) in [6.07, 6.45) is 2.23. The fraction of sp³-hybridized carbons (Fsp3) is 0.429. The van der Waals surface area contributed by atoms with Gasteiger partial charge in [-0.3, -0.25) is 4.79 Å². The van der Waals surface area contributed by atoms with Crippen LogP contribution < -0.4 is 11.1 Å². The summed E-state index contributed by atoms with van der Waals surface area (Å²) in [5.41, 5.74) is 8.05. The quantitative estimate of drug-likeness (QED) is 0.810. The van der Waals surface area contributed by atoms with Crippen LogP contribution in [0, 0.1) is 5.92 Å². The minimum absolute atomic E-state index is 0.0127. The highest BCUT2D eigenvalue weighted by Crippen LogP contribution is 2.26. The summed E-state index contributed by atoms with van der Waals surface area (Å²) in [7, 11) is 0. The maximum atomic E-state index is 12.1. The summed E-state index contributed by atoms with van der Waals surface area (Å²) >= 11 is 4.84. The first kappa shape index (κ1) is 13.0. The molecule has 96 valence electrons. The predicted molar refractivity (Wildman–Crippen MR) is 76.3 cm³/mol. The van der Waals surface area contributed by atoms with E-state index in [1.165, 1.54) is 11.1 Å². The number of carbonyl (C=O) groups is 1. The van der Waals surface area contributed by atoms with Gasteiger partial charge in [-0.05, 0) is 30.9 Å². The molecule has 0 bridgehead atoms. The van der Waals surface area contributed by atoms with Crippen molar-refractivity contribution >= 4 is 23.1 Å². The summed E-state index contributed by atoms with van der Waals surface area (Å²) < 4.78 is 0. The lowest BCUT2D eigenvalue weighted by Crippen LogP contribution is -2.39. The van der Waals surface area contributed by atoms with E-state index in [9.17, 15) is 4.79 Å². The van der Waals surface area contributed by atoms with Crippen LogP contribution in [0.1, 0.15) is 24.5 Å². The highest BCUT2D eigenvalue weighted by atomic mass is 32.1. The van der Waals surface area contributed by atoms with Gasteiger partial charge in [0.15, 0.2) is 0 Å². The third kappa shape index (κ3) is 3.07. The van der Waals surface area contributed by atoms with Crippen molar-refractivity contribution in [1.29, 1.82) is 0 Å². The second-order valence-corrected chi connectivity index (χ2v) is 5.48. The molecular weight excluding hydrogens is 244 g/mol. The lowest BCUT2D eigenvalue weighted by atomic mass is 10.0. The average Bonchev–Trinajstić information content (AvgIpc) is 2.71. The number of nitrogens with two attached hydrogens (primary N) is 1. The molecule has 3 nitrogen and oxygen atoms in total. The monoisotopic (exact) mass is 262 g/mol. The standard InChI is InChI=1S/C14H18N2OS/c1-9(6-13(15)18)16-14(17)12-7-10-4-2-3-5-11(10)8-12/h2-5,9,12H,6-8H2,1H3,(H2,15,18)(H,16,17). The molecule has 4 heteroatoms. The number of rotatable bonds is 4. The van der Waals surface area contributed by atoms with Crippen LogP contribution in [0.15, 0.2) is 24.3 Å². The lowest BCUT2D eigenvalue weighted by molar-refractivity contribution is -0.125. The topological polar surface area (TPSA) is 55.1 Å². The van der Waals surface area contributed by atoms with Gasteiger partial charge in [-0.1, -0.05) is 36.5 Å². The van der Waals surface area contributed by atoms with E-state index in [-0.39, 0.29) is 17.9 Å². The second kappa shape index (κ2) is 5.48. The SMILES string of the molecule is CC(CC(N)=S)NC(=O)C1Cc2ccccc2C1. The molecule has 2 rings (SSSR count). The van der Waals surface area contributed by atoms with Crippen LogP contribution in [-0.4, -0.2) is 16.9 Å². The molecule has 1 unspecified atom stereocenters. The molecule has 0 saturated carbocycles. The molecule has 0 radical (unpaired) electrons. The summed E-state index contributed by atoms with van der Waals surface area (Å²) in [6.45, 7) is 1.93. The molecule has 1 aliphatic rings. The summed E-state index contributed by atoms with van der Waals surface area (Å²) in [5.74, 6) is 0.158. The molecule has 1 aromatic carbocycles. The largest absolute Gasteiger partial charge is 0.393 e. The Balaban J connectivity index is 1.91. The molecule has 18 heavy (non-hydrogen) atoms. The zero-order valence-corrected chi connectivity index (χ0v) is 11.3. The van der Waals surface area contributed by atoms with Gasteiger partial charge in [-0.2, -0.15) is 0 Å². The molecule has 0 aliphatic heterocycles. The molecule has 0 heterocycles. The number of fused-ring (bicyclic) bond motifs is 1. The van der Waals surface area contributed by atoms with Gasteiger partial charge in [0.1, 0.15) is 0 Å². The number of nitrogens with one attached hydrogen (secondary N) is 1. The predicted octanol–water partition coefficient (Wildman–Crippen LogP) is 1.58. The number of carbonyl (C=O) groups excluding carboxylic acids is 1. The van der Waals surface area contributed by atoms with E-state index in [4.69, 9.17) is 18.0 Å². The molecule has 1 amide bonds. The molecule has 0 fully saturated rings. The Morgan fingerprint density at radius 3 is 2.50 bits per heavy atom. The van der Waals surface area contributed by atoms with Crippen molar-refractivity contribution < 1.29 is 4.79 Å². The lowest BCUT2D eigenvalue weighted by Gasteiger charge is -2.16. The van der Waals surface area contributed by atoms with Crippen LogP contribution in [0.3, 0.4) is 0 Å². The van der Waals surface area contributed by atoms with Crippen molar-refractivity contribution in [2.45, 2.75) is 32.2 Å². The van der Waals surface area contributed by atoms with Gasteiger partial charge < -0.3 is 11.1 Å². The summed E-state index contributed by atoms with van der Waals surface area (Å²) in [4.78, 5) is 12.6. The van der Waals surface area contributed by atoms with E-state index in [0.29, 0.717) is 11.4 Å². The Kier molecular flexibility index (Phi) is 3.97. The van der Waals surface area contributed by atoms with Crippen molar-refractivity contribution in [2.75, 3.05) is 0 Å². The minimum atomic E-state index is 0.0127. The molecule has 0 spiro atoms. The zero-order valence-electron chi connectivity index (χ0n) is 10.5. The van der Waals surface area contributed by atoms with E-state index in [1.807, 2.05) is 19.1 Å². The summed E-state index contributed by atoms with van der Waals surface area (Å²) in [5, 5.41) is 2.98. The third-order valence-corrected chi connectivity index (χ3v) is 3.48. The Morgan fingerprint density at radius 1 is 1.44 bits per heavy atom. The minimum Gasteiger partial charge on any atom is -0.393 e. The highest BCUT2D eigenvalue weighted by Gasteiger charge is 2.27. The Bertz CT molecular complexity index is 448. The normalized spacial score (nSPS) is 16.1. The molecule has 1 aromatic rings. The van der Waals surface area contributed by atoms with Crippen molar-refractivity contribution in [2.24, 2.45) is 11.7 Å². The van der Waals surface area contributed by atoms with Gasteiger partial charge >= 0.3 is 0 Å². The molecular formula is C14H18N2OS. The Morgan fingerprint density at radius 2 is 2.00 bits per heavy atom. The highest BCUT2D eigenvalue weighted by molar-refractivity contribution is 7.80. The van der Waals surface area contributed by atoms with Crippen molar-refractivity contribution in [1.82, 2.24) is 5.32 Å². The van der Waals surface area contributed by atoms with E-state index in [2.05, 4.69) is 17.4 Å². The van der Waals surface area contributed by atoms with Crippen LogP contribution in [0.2, 0.25) is 0 Å². The van der Waals surface area contributed by atoms with E-state index < -0.39 is 0 Å². The van der Waals surface area contributed by atoms with E-state index >= 15 is 0 Å². The van der Waals surface area contributed by atoms with Crippen molar-refractivity contribution in [3.8, 4) is 0 Å². The van der Waals surface area contributed by atoms with Gasteiger partial charge in [-0.25, -0.2) is 0 Å². The van der Waals surface area contributed by atoms with Crippen LogP contribution >= 0.6 is 12.2 Å². The molecule has 0 aromatic heterocycles. The first-order valence-corrected chi connectivity index (χ1v) is 6.62. The average molecular weight is 262 g/mol. The fourth-order valence-electron chi connectivity index (χ4n) is 2.46. The van der Waals surface area contributed by atoms with Crippen molar-refractivity contribution in [3.05, 3.63) is 35.4 Å². The first-order valence-electron chi connectivity index (χ1n) is 6.21. The van der Waals surface area contributed by atoms with Gasteiger partial charge in [-0.15, -0.1) is 0 Å². The van der Waals surface area contributed by atoms with Crippen molar-refractivity contribution in [3.63, 3.8) is 0 Å². The van der Waals surface area contributed by atoms with Gasteiger partial charge in [0.05, 0.1) is 4.99 Å². The molecule has 1 aliphatic carbocycles.